The zero-order chi connectivity index (χ0) is 19.5. The smallest absolute Gasteiger partial charge is 0.144 e. The van der Waals surface area contributed by atoms with Gasteiger partial charge in [0.05, 0.1) is 6.42 Å². The van der Waals surface area contributed by atoms with Crippen molar-refractivity contribution in [2.24, 2.45) is 53.9 Å². The molecule has 8 unspecified atom stereocenters. The number of ketones is 1. The molecule has 3 heteroatoms. The fourth-order valence-electron chi connectivity index (χ4n) is 8.46. The van der Waals surface area contributed by atoms with Crippen molar-refractivity contribution in [1.82, 2.24) is 9.55 Å². The number of rotatable bonds is 3. The van der Waals surface area contributed by atoms with Gasteiger partial charge in [-0.25, -0.2) is 4.98 Å². The van der Waals surface area contributed by atoms with E-state index in [-0.39, 0.29) is 11.3 Å². The summed E-state index contributed by atoms with van der Waals surface area (Å²) >= 11 is 0. The van der Waals surface area contributed by atoms with E-state index in [1.165, 1.54) is 51.4 Å². The van der Waals surface area contributed by atoms with Gasteiger partial charge >= 0.3 is 0 Å². The molecule has 0 amide bonds. The molecular formula is C25H38N2O. The maximum atomic E-state index is 13.3. The van der Waals surface area contributed by atoms with E-state index >= 15 is 0 Å². The molecule has 4 aliphatic carbocycles. The first-order chi connectivity index (χ1) is 13.5. The molecule has 4 aliphatic rings. The van der Waals surface area contributed by atoms with Gasteiger partial charge < -0.3 is 4.57 Å². The SMILES string of the molecule is CC1CCC2C(CCC3C2CCC2(C)C(C(=O)Cc4nccn4C)CCC32)C1. The molecule has 0 N–H and O–H groups in total. The molecule has 8 atom stereocenters. The maximum Gasteiger partial charge on any atom is 0.144 e. The van der Waals surface area contributed by atoms with Crippen molar-refractivity contribution in [2.45, 2.75) is 78.1 Å². The van der Waals surface area contributed by atoms with Crippen LogP contribution in [0.4, 0.5) is 0 Å². The minimum absolute atomic E-state index is 0.248. The Hall–Kier alpha value is -1.12. The molecule has 0 bridgehead atoms. The minimum atomic E-state index is 0.248. The lowest BCUT2D eigenvalue weighted by atomic mass is 9.49. The minimum Gasteiger partial charge on any atom is -0.338 e. The molecule has 1 heterocycles. The molecule has 1 aromatic heterocycles. The Morgan fingerprint density at radius 1 is 1.11 bits per heavy atom. The summed E-state index contributed by atoms with van der Waals surface area (Å²) in [7, 11) is 2.00. The monoisotopic (exact) mass is 382 g/mol. The predicted molar refractivity (Wildman–Crippen MR) is 112 cm³/mol. The van der Waals surface area contributed by atoms with E-state index in [2.05, 4.69) is 18.8 Å². The molecule has 5 rings (SSSR count). The van der Waals surface area contributed by atoms with Crippen molar-refractivity contribution in [3.63, 3.8) is 0 Å². The zero-order valence-electron chi connectivity index (χ0n) is 18.1. The van der Waals surface area contributed by atoms with E-state index in [1.54, 1.807) is 0 Å². The van der Waals surface area contributed by atoms with E-state index in [0.29, 0.717) is 12.2 Å². The van der Waals surface area contributed by atoms with Crippen LogP contribution in [0.1, 0.15) is 77.5 Å². The third kappa shape index (κ3) is 2.91. The van der Waals surface area contributed by atoms with E-state index in [4.69, 9.17) is 0 Å². The number of fused-ring (bicyclic) bond motifs is 5. The highest BCUT2D eigenvalue weighted by Crippen LogP contribution is 2.64. The quantitative estimate of drug-likeness (QED) is 0.698. The largest absolute Gasteiger partial charge is 0.338 e. The third-order valence-corrected chi connectivity index (χ3v) is 9.86. The van der Waals surface area contributed by atoms with Gasteiger partial charge in [0.1, 0.15) is 11.6 Å². The van der Waals surface area contributed by atoms with Crippen LogP contribution >= 0.6 is 0 Å². The summed E-state index contributed by atoms with van der Waals surface area (Å²) in [5.74, 6) is 7.28. The van der Waals surface area contributed by atoms with Crippen LogP contribution in [0.2, 0.25) is 0 Å². The molecule has 0 spiro atoms. The summed E-state index contributed by atoms with van der Waals surface area (Å²) in [5.41, 5.74) is 0.248. The van der Waals surface area contributed by atoms with Gasteiger partial charge in [0.2, 0.25) is 0 Å². The van der Waals surface area contributed by atoms with Crippen molar-refractivity contribution >= 4 is 5.78 Å². The Bertz CT molecular complexity index is 739. The van der Waals surface area contributed by atoms with Crippen LogP contribution in [0.15, 0.2) is 12.4 Å². The average molecular weight is 383 g/mol. The summed E-state index contributed by atoms with van der Waals surface area (Å²) in [5, 5.41) is 0. The van der Waals surface area contributed by atoms with Crippen molar-refractivity contribution in [1.29, 1.82) is 0 Å². The molecule has 3 nitrogen and oxygen atoms in total. The van der Waals surface area contributed by atoms with Gasteiger partial charge in [0.25, 0.3) is 0 Å². The van der Waals surface area contributed by atoms with Crippen LogP contribution < -0.4 is 0 Å². The van der Waals surface area contributed by atoms with Crippen LogP contribution in [-0.2, 0) is 18.3 Å². The van der Waals surface area contributed by atoms with Gasteiger partial charge in [0.15, 0.2) is 0 Å². The molecule has 1 aromatic rings. The number of carbonyl (C=O) groups excluding carboxylic acids is 1. The number of hydrogen-bond acceptors (Lipinski definition) is 2. The summed E-state index contributed by atoms with van der Waals surface area (Å²) in [4.78, 5) is 17.7. The highest BCUT2D eigenvalue weighted by Gasteiger charge is 2.58. The van der Waals surface area contributed by atoms with Crippen molar-refractivity contribution < 1.29 is 4.79 Å². The number of hydrogen-bond donors (Lipinski definition) is 0. The van der Waals surface area contributed by atoms with Crippen LogP contribution in [-0.4, -0.2) is 15.3 Å². The molecule has 0 aliphatic heterocycles. The van der Waals surface area contributed by atoms with Gasteiger partial charge in [0, 0.05) is 25.4 Å². The van der Waals surface area contributed by atoms with Crippen molar-refractivity contribution in [3.8, 4) is 0 Å². The number of imidazole rings is 1. The van der Waals surface area contributed by atoms with E-state index in [1.807, 2.05) is 24.0 Å². The standard InChI is InChI=1S/C25H38N2O/c1-16-4-6-18-17(14-16)5-7-20-19(18)10-11-25(2)21(20)8-9-22(25)23(28)15-24-26-12-13-27(24)3/h12-13,16-22H,4-11,14-15H2,1-3H3. The summed E-state index contributed by atoms with van der Waals surface area (Å²) in [6, 6.07) is 0. The Kier molecular flexibility index (Phi) is 4.71. The fraction of sp³-hybridized carbons (Fsp3) is 0.840. The number of nitrogens with zero attached hydrogens (tertiary/aromatic N) is 2. The van der Waals surface area contributed by atoms with Crippen LogP contribution in [0.5, 0.6) is 0 Å². The lowest BCUT2D eigenvalue weighted by molar-refractivity contribution is -0.130. The highest BCUT2D eigenvalue weighted by molar-refractivity contribution is 5.83. The van der Waals surface area contributed by atoms with Gasteiger partial charge in [-0.15, -0.1) is 0 Å². The second-order valence-electron chi connectivity index (χ2n) is 11.1. The molecule has 0 radical (unpaired) electrons. The average Bonchev–Trinajstić information content (AvgIpc) is 3.23. The molecule has 154 valence electrons. The Morgan fingerprint density at radius 3 is 2.71 bits per heavy atom. The number of carbonyl (C=O) groups is 1. The topological polar surface area (TPSA) is 34.9 Å². The van der Waals surface area contributed by atoms with Gasteiger partial charge in [-0.1, -0.05) is 20.3 Å². The Balaban J connectivity index is 1.33. The van der Waals surface area contributed by atoms with E-state index < -0.39 is 0 Å². The van der Waals surface area contributed by atoms with Crippen molar-refractivity contribution in [2.75, 3.05) is 0 Å². The molecule has 0 saturated heterocycles. The second kappa shape index (κ2) is 6.99. The fourth-order valence-corrected chi connectivity index (χ4v) is 8.46. The van der Waals surface area contributed by atoms with Crippen LogP contribution in [0.25, 0.3) is 0 Å². The first-order valence-electron chi connectivity index (χ1n) is 12.0. The number of Topliss-reactive ketones (excluding diaryl/α,β-unsaturated/α-hetero) is 1. The zero-order valence-corrected chi connectivity index (χ0v) is 18.1. The number of aromatic nitrogens is 2. The van der Waals surface area contributed by atoms with Crippen molar-refractivity contribution in [3.05, 3.63) is 18.2 Å². The van der Waals surface area contributed by atoms with Gasteiger partial charge in [-0.05, 0) is 92.3 Å². The Labute approximate surface area is 170 Å². The number of aryl methyl sites for hydroxylation is 1. The summed E-state index contributed by atoms with van der Waals surface area (Å²) in [6.45, 7) is 4.95. The van der Waals surface area contributed by atoms with Crippen LogP contribution in [0.3, 0.4) is 0 Å². The van der Waals surface area contributed by atoms with Gasteiger partial charge in [-0.3, -0.25) is 4.79 Å². The first-order valence-corrected chi connectivity index (χ1v) is 12.0. The maximum absolute atomic E-state index is 13.3. The summed E-state index contributed by atoms with van der Waals surface area (Å²) in [6.07, 6.45) is 16.7. The lowest BCUT2D eigenvalue weighted by Gasteiger charge is -2.56. The third-order valence-electron chi connectivity index (χ3n) is 9.86. The summed E-state index contributed by atoms with van der Waals surface area (Å²) < 4.78 is 2.01. The molecule has 4 fully saturated rings. The normalized spacial score (nSPS) is 45.2. The molecule has 4 saturated carbocycles. The highest BCUT2D eigenvalue weighted by atomic mass is 16.1. The lowest BCUT2D eigenvalue weighted by Crippen LogP contribution is -2.49. The Morgan fingerprint density at radius 2 is 1.93 bits per heavy atom. The predicted octanol–water partition coefficient (Wildman–Crippen LogP) is 5.44. The van der Waals surface area contributed by atoms with Gasteiger partial charge in [-0.2, -0.15) is 0 Å². The molecule has 0 aromatic carbocycles. The second-order valence-corrected chi connectivity index (χ2v) is 11.1. The molecule has 28 heavy (non-hydrogen) atoms. The van der Waals surface area contributed by atoms with E-state index in [9.17, 15) is 4.79 Å². The van der Waals surface area contributed by atoms with E-state index in [0.717, 1.165) is 47.8 Å². The first kappa shape index (κ1) is 18.9. The van der Waals surface area contributed by atoms with Crippen LogP contribution in [0, 0.1) is 46.8 Å². The molecular weight excluding hydrogens is 344 g/mol.